The minimum atomic E-state index is -0.984. The minimum absolute atomic E-state index is 0.179. The van der Waals surface area contributed by atoms with Gasteiger partial charge in [0.1, 0.15) is 11.4 Å². The summed E-state index contributed by atoms with van der Waals surface area (Å²) in [6.45, 7) is 2.37. The summed E-state index contributed by atoms with van der Waals surface area (Å²) in [5, 5.41) is 11.9. The third-order valence-electron chi connectivity index (χ3n) is 2.23. The van der Waals surface area contributed by atoms with Gasteiger partial charge in [0.15, 0.2) is 0 Å². The van der Waals surface area contributed by atoms with Gasteiger partial charge >= 0.3 is 5.97 Å². The molecule has 6 heteroatoms. The molecule has 0 atom stereocenters. The number of carboxylic acid groups (broad SMARTS) is 1. The molecule has 0 aromatic carbocycles. The Kier molecular flexibility index (Phi) is 6.75. The van der Waals surface area contributed by atoms with Crippen LogP contribution in [-0.4, -0.2) is 49.5 Å². The number of carbonyl (C=O) groups is 1. The summed E-state index contributed by atoms with van der Waals surface area (Å²) in [4.78, 5) is 14.9. The Labute approximate surface area is 106 Å². The first-order chi connectivity index (χ1) is 8.75. The van der Waals surface area contributed by atoms with Crippen molar-refractivity contribution in [3.63, 3.8) is 0 Å². The quantitative estimate of drug-likeness (QED) is 0.645. The van der Waals surface area contributed by atoms with E-state index in [1.807, 2.05) is 0 Å². The van der Waals surface area contributed by atoms with Crippen molar-refractivity contribution in [3.05, 3.63) is 23.9 Å². The van der Waals surface area contributed by atoms with Crippen LogP contribution in [0.3, 0.4) is 0 Å². The predicted molar refractivity (Wildman–Crippen MR) is 67.0 cm³/mol. The van der Waals surface area contributed by atoms with Crippen molar-refractivity contribution in [2.24, 2.45) is 0 Å². The second-order valence-electron chi connectivity index (χ2n) is 3.59. The average Bonchev–Trinajstić information content (AvgIpc) is 2.38. The molecule has 0 radical (unpaired) electrons. The lowest BCUT2D eigenvalue weighted by molar-refractivity contribution is 0.0697. The van der Waals surface area contributed by atoms with Gasteiger partial charge in [-0.15, -0.1) is 0 Å². The summed E-state index contributed by atoms with van der Waals surface area (Å²) in [6.07, 6.45) is 2.34. The third-order valence-corrected chi connectivity index (χ3v) is 2.23. The molecule has 6 nitrogen and oxygen atoms in total. The number of carboxylic acids is 1. The van der Waals surface area contributed by atoms with Gasteiger partial charge in [0, 0.05) is 26.5 Å². The van der Waals surface area contributed by atoms with Crippen molar-refractivity contribution in [1.82, 2.24) is 4.98 Å². The molecule has 0 aliphatic heterocycles. The zero-order valence-electron chi connectivity index (χ0n) is 10.4. The summed E-state index contributed by atoms with van der Waals surface area (Å²) in [7, 11) is 1.62. The number of rotatable bonds is 9. The number of anilines is 1. The Hall–Kier alpha value is -1.66. The van der Waals surface area contributed by atoms with E-state index in [1.54, 1.807) is 19.4 Å². The molecule has 0 saturated heterocycles. The fourth-order valence-corrected chi connectivity index (χ4v) is 1.34. The van der Waals surface area contributed by atoms with Gasteiger partial charge in [-0.3, -0.25) is 0 Å². The predicted octanol–water partition coefficient (Wildman–Crippen LogP) is 1.24. The lowest BCUT2D eigenvalue weighted by Crippen LogP contribution is -2.12. The molecular weight excluding hydrogens is 236 g/mol. The molecular formula is C12H18N2O4. The summed E-state index contributed by atoms with van der Waals surface area (Å²) >= 11 is 0. The summed E-state index contributed by atoms with van der Waals surface area (Å²) in [5.41, 5.74) is 0.179. The van der Waals surface area contributed by atoms with Gasteiger partial charge in [0.2, 0.25) is 0 Å². The van der Waals surface area contributed by atoms with E-state index in [0.717, 1.165) is 6.42 Å². The Morgan fingerprint density at radius 1 is 1.44 bits per heavy atom. The number of hydrogen-bond donors (Lipinski definition) is 2. The van der Waals surface area contributed by atoms with Crippen LogP contribution in [-0.2, 0) is 9.47 Å². The van der Waals surface area contributed by atoms with Crippen molar-refractivity contribution in [1.29, 1.82) is 0 Å². The topological polar surface area (TPSA) is 80.7 Å². The average molecular weight is 254 g/mol. The number of nitrogens with one attached hydrogen (secondary N) is 1. The van der Waals surface area contributed by atoms with E-state index >= 15 is 0 Å². The van der Waals surface area contributed by atoms with Gasteiger partial charge in [-0.25, -0.2) is 9.78 Å². The second kappa shape index (κ2) is 8.43. The summed E-state index contributed by atoms with van der Waals surface area (Å²) in [5.74, 6) is -0.594. The molecule has 0 aliphatic carbocycles. The first kappa shape index (κ1) is 14.4. The van der Waals surface area contributed by atoms with E-state index in [2.05, 4.69) is 10.3 Å². The highest BCUT2D eigenvalue weighted by Gasteiger charge is 2.09. The zero-order chi connectivity index (χ0) is 13.2. The first-order valence-electron chi connectivity index (χ1n) is 5.74. The van der Waals surface area contributed by atoms with Crippen molar-refractivity contribution in [2.75, 3.05) is 38.8 Å². The van der Waals surface area contributed by atoms with E-state index in [0.29, 0.717) is 32.2 Å². The van der Waals surface area contributed by atoms with Gasteiger partial charge in [0.05, 0.1) is 13.2 Å². The minimum Gasteiger partial charge on any atom is -0.478 e. The fraction of sp³-hybridized carbons (Fsp3) is 0.500. The number of hydrogen-bond acceptors (Lipinski definition) is 5. The van der Waals surface area contributed by atoms with Crippen LogP contribution in [0.1, 0.15) is 16.8 Å². The Balaban J connectivity index is 2.25. The molecule has 1 heterocycles. The van der Waals surface area contributed by atoms with Crippen molar-refractivity contribution in [3.8, 4) is 0 Å². The van der Waals surface area contributed by atoms with Crippen LogP contribution in [0, 0.1) is 0 Å². The standard InChI is InChI=1S/C12H18N2O4/c1-17-8-9-18-7-3-6-14-11-10(12(15)16)4-2-5-13-11/h2,4-5H,3,6-9H2,1H3,(H,13,14)(H,15,16). The van der Waals surface area contributed by atoms with Crippen LogP contribution in [0.4, 0.5) is 5.82 Å². The number of nitrogens with zero attached hydrogens (tertiary/aromatic N) is 1. The molecule has 0 bridgehead atoms. The van der Waals surface area contributed by atoms with Crippen molar-refractivity contribution < 1.29 is 19.4 Å². The Bertz CT molecular complexity index is 371. The largest absolute Gasteiger partial charge is 0.478 e. The number of methoxy groups -OCH3 is 1. The lowest BCUT2D eigenvalue weighted by atomic mass is 10.2. The van der Waals surface area contributed by atoms with E-state index in [1.165, 1.54) is 6.07 Å². The van der Waals surface area contributed by atoms with E-state index in [9.17, 15) is 4.79 Å². The molecule has 1 aromatic rings. The number of aromatic carboxylic acids is 1. The molecule has 1 rings (SSSR count). The third kappa shape index (κ3) is 5.11. The molecule has 0 unspecified atom stereocenters. The molecule has 2 N–H and O–H groups in total. The molecule has 18 heavy (non-hydrogen) atoms. The normalized spacial score (nSPS) is 10.3. The smallest absolute Gasteiger partial charge is 0.339 e. The molecule has 0 fully saturated rings. The monoisotopic (exact) mass is 254 g/mol. The summed E-state index contributed by atoms with van der Waals surface area (Å²) in [6, 6.07) is 3.12. The molecule has 1 aromatic heterocycles. The van der Waals surface area contributed by atoms with Crippen LogP contribution in [0.5, 0.6) is 0 Å². The van der Waals surface area contributed by atoms with Gasteiger partial charge in [-0.05, 0) is 18.6 Å². The number of ether oxygens (including phenoxy) is 2. The van der Waals surface area contributed by atoms with Crippen LogP contribution in [0.15, 0.2) is 18.3 Å². The van der Waals surface area contributed by atoms with Crippen LogP contribution < -0.4 is 5.32 Å². The second-order valence-corrected chi connectivity index (χ2v) is 3.59. The maximum Gasteiger partial charge on any atom is 0.339 e. The van der Waals surface area contributed by atoms with E-state index < -0.39 is 5.97 Å². The highest BCUT2D eigenvalue weighted by atomic mass is 16.5. The Morgan fingerprint density at radius 3 is 3.00 bits per heavy atom. The van der Waals surface area contributed by atoms with Gasteiger partial charge in [0.25, 0.3) is 0 Å². The molecule has 100 valence electrons. The highest BCUT2D eigenvalue weighted by molar-refractivity contribution is 5.92. The van der Waals surface area contributed by atoms with Crippen LogP contribution >= 0.6 is 0 Å². The zero-order valence-corrected chi connectivity index (χ0v) is 10.4. The van der Waals surface area contributed by atoms with Crippen molar-refractivity contribution in [2.45, 2.75) is 6.42 Å². The number of pyridine rings is 1. The first-order valence-corrected chi connectivity index (χ1v) is 5.74. The van der Waals surface area contributed by atoms with Crippen LogP contribution in [0.25, 0.3) is 0 Å². The van der Waals surface area contributed by atoms with Crippen molar-refractivity contribution >= 4 is 11.8 Å². The van der Waals surface area contributed by atoms with Gasteiger partial charge in [-0.2, -0.15) is 0 Å². The molecule has 0 spiro atoms. The maximum atomic E-state index is 10.9. The summed E-state index contributed by atoms with van der Waals surface area (Å²) < 4.78 is 10.1. The van der Waals surface area contributed by atoms with Crippen LogP contribution in [0.2, 0.25) is 0 Å². The van der Waals surface area contributed by atoms with Gasteiger partial charge < -0.3 is 19.9 Å². The van der Waals surface area contributed by atoms with E-state index in [-0.39, 0.29) is 5.56 Å². The fourth-order valence-electron chi connectivity index (χ4n) is 1.34. The Morgan fingerprint density at radius 2 is 2.28 bits per heavy atom. The highest BCUT2D eigenvalue weighted by Crippen LogP contribution is 2.10. The number of aromatic nitrogens is 1. The molecule has 0 saturated carbocycles. The van der Waals surface area contributed by atoms with Gasteiger partial charge in [-0.1, -0.05) is 0 Å². The lowest BCUT2D eigenvalue weighted by Gasteiger charge is -2.08. The SMILES string of the molecule is COCCOCCCNc1ncccc1C(=O)O. The maximum absolute atomic E-state index is 10.9. The molecule has 0 amide bonds. The van der Waals surface area contributed by atoms with E-state index in [4.69, 9.17) is 14.6 Å². The molecule has 0 aliphatic rings.